The third-order valence-electron chi connectivity index (χ3n) is 3.15. The van der Waals surface area contributed by atoms with E-state index in [1.54, 1.807) is 19.2 Å². The number of hydrazone groups is 1. The maximum Gasteiger partial charge on any atom is 0.259 e. The number of carbonyl (C=O) groups is 1. The van der Waals surface area contributed by atoms with E-state index in [1.807, 2.05) is 43.3 Å². The van der Waals surface area contributed by atoms with E-state index in [9.17, 15) is 4.79 Å². The molecule has 6 heteroatoms. The number of methoxy groups -OCH3 is 1. The minimum Gasteiger partial charge on any atom is -0.497 e. The summed E-state index contributed by atoms with van der Waals surface area (Å²) in [5.41, 5.74) is 4.96. The Labute approximate surface area is 140 Å². The summed E-state index contributed by atoms with van der Waals surface area (Å²) in [6.45, 7) is 1.95. The van der Waals surface area contributed by atoms with E-state index >= 15 is 0 Å². The van der Waals surface area contributed by atoms with Crippen LogP contribution in [0, 0.1) is 0 Å². The van der Waals surface area contributed by atoms with Crippen LogP contribution in [0.1, 0.15) is 12.5 Å². The Kier molecular flexibility index (Phi) is 6.00. The number of benzene rings is 2. The normalized spacial score (nSPS) is 11.0. The highest BCUT2D eigenvalue weighted by Crippen LogP contribution is 2.14. The summed E-state index contributed by atoms with van der Waals surface area (Å²) < 4.78 is 5.08. The lowest BCUT2D eigenvalue weighted by Gasteiger charge is -2.07. The lowest BCUT2D eigenvalue weighted by Crippen LogP contribution is -2.26. The number of anilines is 1. The van der Waals surface area contributed by atoms with Gasteiger partial charge in [-0.2, -0.15) is 5.10 Å². The summed E-state index contributed by atoms with van der Waals surface area (Å²) in [5, 5.41) is 7.75. The summed E-state index contributed by atoms with van der Waals surface area (Å²) in [6, 6.07) is 14.6. The molecule has 0 fully saturated rings. The van der Waals surface area contributed by atoms with Crippen LogP contribution in [0.2, 0.25) is 5.02 Å². The van der Waals surface area contributed by atoms with Crippen LogP contribution in [0.4, 0.5) is 5.69 Å². The molecule has 0 spiro atoms. The van der Waals surface area contributed by atoms with Gasteiger partial charge >= 0.3 is 0 Å². The molecule has 0 aliphatic carbocycles. The van der Waals surface area contributed by atoms with Crippen LogP contribution in [0.25, 0.3) is 0 Å². The molecule has 2 aromatic rings. The van der Waals surface area contributed by atoms with Crippen molar-refractivity contribution in [1.82, 2.24) is 5.43 Å². The Morgan fingerprint density at radius 2 is 1.78 bits per heavy atom. The van der Waals surface area contributed by atoms with Crippen molar-refractivity contribution in [2.75, 3.05) is 19.0 Å². The van der Waals surface area contributed by atoms with E-state index in [4.69, 9.17) is 16.3 Å². The summed E-state index contributed by atoms with van der Waals surface area (Å²) in [5.74, 6) is 0.539. The minimum atomic E-state index is -0.228. The minimum absolute atomic E-state index is 0.129. The fourth-order valence-corrected chi connectivity index (χ4v) is 1.96. The van der Waals surface area contributed by atoms with Gasteiger partial charge < -0.3 is 10.1 Å². The maximum atomic E-state index is 11.8. The molecular weight excluding hydrogens is 314 g/mol. The number of hydrogen-bond acceptors (Lipinski definition) is 4. The molecule has 0 saturated carbocycles. The van der Waals surface area contributed by atoms with E-state index in [2.05, 4.69) is 15.8 Å². The van der Waals surface area contributed by atoms with Gasteiger partial charge in [0.15, 0.2) is 0 Å². The molecule has 0 atom stereocenters. The highest BCUT2D eigenvalue weighted by molar-refractivity contribution is 6.30. The van der Waals surface area contributed by atoms with E-state index in [1.165, 1.54) is 0 Å². The Hall–Kier alpha value is -2.53. The van der Waals surface area contributed by atoms with Crippen LogP contribution in [-0.2, 0) is 4.79 Å². The maximum absolute atomic E-state index is 11.8. The predicted octanol–water partition coefficient (Wildman–Crippen LogP) is 3.30. The zero-order valence-corrected chi connectivity index (χ0v) is 13.7. The second-order valence-corrected chi connectivity index (χ2v) is 5.26. The lowest BCUT2D eigenvalue weighted by atomic mass is 10.1. The Morgan fingerprint density at radius 1 is 1.13 bits per heavy atom. The van der Waals surface area contributed by atoms with Crippen LogP contribution in [-0.4, -0.2) is 25.3 Å². The number of ether oxygens (including phenoxy) is 1. The fraction of sp³-hybridized carbons (Fsp3) is 0.176. The molecule has 23 heavy (non-hydrogen) atoms. The number of rotatable bonds is 6. The quantitative estimate of drug-likeness (QED) is 0.630. The summed E-state index contributed by atoms with van der Waals surface area (Å²) >= 11 is 5.84. The van der Waals surface area contributed by atoms with Crippen molar-refractivity contribution in [3.8, 4) is 5.75 Å². The fourth-order valence-electron chi connectivity index (χ4n) is 1.83. The highest BCUT2D eigenvalue weighted by atomic mass is 35.5. The van der Waals surface area contributed by atoms with Crippen molar-refractivity contribution in [3.63, 3.8) is 0 Å². The topological polar surface area (TPSA) is 62.7 Å². The number of nitrogens with one attached hydrogen (secondary N) is 2. The third-order valence-corrected chi connectivity index (χ3v) is 3.41. The molecule has 0 saturated heterocycles. The number of hydrogen-bond donors (Lipinski definition) is 2. The molecule has 0 aromatic heterocycles. The highest BCUT2D eigenvalue weighted by Gasteiger charge is 2.02. The van der Waals surface area contributed by atoms with Gasteiger partial charge in [0.2, 0.25) is 0 Å². The van der Waals surface area contributed by atoms with Crippen LogP contribution in [0.5, 0.6) is 5.75 Å². The molecule has 2 rings (SSSR count). The molecule has 5 nitrogen and oxygen atoms in total. The van der Waals surface area contributed by atoms with Gasteiger partial charge in [0.05, 0.1) is 19.4 Å². The first-order valence-corrected chi connectivity index (χ1v) is 7.43. The van der Waals surface area contributed by atoms with E-state index in [-0.39, 0.29) is 12.5 Å². The largest absolute Gasteiger partial charge is 0.497 e. The first-order chi connectivity index (χ1) is 11.1. The number of halogens is 1. The molecule has 2 N–H and O–H groups in total. The van der Waals surface area contributed by atoms with Crippen molar-refractivity contribution < 1.29 is 9.53 Å². The van der Waals surface area contributed by atoms with Gasteiger partial charge in [-0.15, -0.1) is 0 Å². The van der Waals surface area contributed by atoms with E-state index < -0.39 is 0 Å². The molecule has 2 aromatic carbocycles. The molecular formula is C17H18ClN3O2. The van der Waals surface area contributed by atoms with E-state index in [0.29, 0.717) is 10.7 Å². The molecule has 0 radical (unpaired) electrons. The van der Waals surface area contributed by atoms with Crippen molar-refractivity contribution in [2.45, 2.75) is 6.92 Å². The van der Waals surface area contributed by atoms with Crippen molar-refractivity contribution in [1.29, 1.82) is 0 Å². The van der Waals surface area contributed by atoms with Crippen LogP contribution in [0.15, 0.2) is 53.6 Å². The summed E-state index contributed by atoms with van der Waals surface area (Å²) in [7, 11) is 1.61. The van der Waals surface area contributed by atoms with Gasteiger partial charge in [0.25, 0.3) is 5.91 Å². The van der Waals surface area contributed by atoms with E-state index in [0.717, 1.165) is 17.0 Å². The van der Waals surface area contributed by atoms with Crippen LogP contribution >= 0.6 is 11.6 Å². The van der Waals surface area contributed by atoms with Crippen LogP contribution < -0.4 is 15.5 Å². The molecule has 1 amide bonds. The van der Waals surface area contributed by atoms with Gasteiger partial charge in [-0.3, -0.25) is 4.79 Å². The molecule has 0 unspecified atom stereocenters. The monoisotopic (exact) mass is 331 g/mol. The Bertz CT molecular complexity index is 682. The molecule has 0 bridgehead atoms. The number of carbonyl (C=O) groups excluding carboxylic acids is 1. The van der Waals surface area contributed by atoms with Gasteiger partial charge in [-0.25, -0.2) is 5.43 Å². The summed E-state index contributed by atoms with van der Waals surface area (Å²) in [4.78, 5) is 11.8. The average molecular weight is 332 g/mol. The van der Waals surface area contributed by atoms with Crippen molar-refractivity contribution in [3.05, 3.63) is 59.1 Å². The Morgan fingerprint density at radius 3 is 2.39 bits per heavy atom. The Balaban J connectivity index is 1.84. The number of amides is 1. The standard InChI is InChI=1S/C17H18ClN3O2/c1-12(13-3-5-14(18)6-4-13)20-21-17(22)11-19-15-7-9-16(23-2)10-8-15/h3-10,19H,11H2,1-2H3,(H,21,22)/b20-12+. The molecule has 120 valence electrons. The zero-order chi connectivity index (χ0) is 16.7. The van der Waals surface area contributed by atoms with Crippen LogP contribution in [0.3, 0.4) is 0 Å². The lowest BCUT2D eigenvalue weighted by molar-refractivity contribution is -0.119. The molecule has 0 aliphatic heterocycles. The van der Waals surface area contributed by atoms with Gasteiger partial charge in [-0.05, 0) is 48.9 Å². The first-order valence-electron chi connectivity index (χ1n) is 7.05. The SMILES string of the molecule is COc1ccc(NCC(=O)N/N=C(\C)c2ccc(Cl)cc2)cc1. The average Bonchev–Trinajstić information content (AvgIpc) is 2.59. The second kappa shape index (κ2) is 8.19. The third kappa shape index (κ3) is 5.30. The van der Waals surface area contributed by atoms with Gasteiger partial charge in [-0.1, -0.05) is 23.7 Å². The predicted molar refractivity (Wildman–Crippen MR) is 93.3 cm³/mol. The molecule has 0 aliphatic rings. The van der Waals surface area contributed by atoms with Gasteiger partial charge in [0, 0.05) is 10.7 Å². The zero-order valence-electron chi connectivity index (χ0n) is 13.0. The smallest absolute Gasteiger partial charge is 0.259 e. The van der Waals surface area contributed by atoms with Crippen molar-refractivity contribution >= 4 is 28.9 Å². The first kappa shape index (κ1) is 16.8. The second-order valence-electron chi connectivity index (χ2n) is 4.82. The molecule has 0 heterocycles. The summed E-state index contributed by atoms with van der Waals surface area (Å²) in [6.07, 6.45) is 0. The van der Waals surface area contributed by atoms with Gasteiger partial charge in [0.1, 0.15) is 5.75 Å². The number of nitrogens with zero attached hydrogens (tertiary/aromatic N) is 1. The van der Waals surface area contributed by atoms with Crippen molar-refractivity contribution in [2.24, 2.45) is 5.10 Å².